The van der Waals surface area contributed by atoms with Gasteiger partial charge in [0.25, 0.3) is 0 Å². The van der Waals surface area contributed by atoms with Crippen LogP contribution in [0.3, 0.4) is 0 Å². The standard InChI is InChI=1S/C13H25NO2/c1-9(8-10(15)12(2,3)4)14-11(16)13(5,6)7/h9H,8H2,1-7H3,(H,14,16)/t9-/m1/s1. The van der Waals surface area contributed by atoms with Gasteiger partial charge < -0.3 is 5.32 Å². The summed E-state index contributed by atoms with van der Waals surface area (Å²) in [5, 5.41) is 2.86. The molecule has 0 radical (unpaired) electrons. The molecule has 0 heterocycles. The van der Waals surface area contributed by atoms with Crippen molar-refractivity contribution < 1.29 is 9.59 Å². The quantitative estimate of drug-likeness (QED) is 0.805. The average Bonchev–Trinajstić information content (AvgIpc) is 1.99. The van der Waals surface area contributed by atoms with E-state index >= 15 is 0 Å². The molecule has 0 aliphatic rings. The first-order valence-electron chi connectivity index (χ1n) is 5.79. The van der Waals surface area contributed by atoms with Crippen molar-refractivity contribution in [3.8, 4) is 0 Å². The van der Waals surface area contributed by atoms with E-state index < -0.39 is 5.41 Å². The van der Waals surface area contributed by atoms with Crippen LogP contribution in [-0.2, 0) is 9.59 Å². The van der Waals surface area contributed by atoms with Crippen LogP contribution in [0.5, 0.6) is 0 Å². The van der Waals surface area contributed by atoms with E-state index in [-0.39, 0.29) is 23.1 Å². The number of hydrogen-bond donors (Lipinski definition) is 1. The zero-order valence-corrected chi connectivity index (χ0v) is 11.6. The Kier molecular flexibility index (Phi) is 4.71. The Morgan fingerprint density at radius 3 is 1.75 bits per heavy atom. The maximum Gasteiger partial charge on any atom is 0.225 e. The van der Waals surface area contributed by atoms with Gasteiger partial charge in [-0.2, -0.15) is 0 Å². The van der Waals surface area contributed by atoms with Gasteiger partial charge in [-0.1, -0.05) is 41.5 Å². The fraction of sp³-hybridized carbons (Fsp3) is 0.846. The second kappa shape index (κ2) is 4.98. The lowest BCUT2D eigenvalue weighted by molar-refractivity contribution is -0.130. The molecule has 0 aromatic heterocycles. The van der Waals surface area contributed by atoms with E-state index in [2.05, 4.69) is 5.32 Å². The summed E-state index contributed by atoms with van der Waals surface area (Å²) >= 11 is 0. The fourth-order valence-electron chi connectivity index (χ4n) is 1.08. The van der Waals surface area contributed by atoms with Gasteiger partial charge in [0.05, 0.1) is 0 Å². The third-order valence-electron chi connectivity index (χ3n) is 2.39. The highest BCUT2D eigenvalue weighted by Crippen LogP contribution is 2.18. The molecular weight excluding hydrogens is 202 g/mol. The number of amides is 1. The van der Waals surface area contributed by atoms with Crippen LogP contribution in [0.4, 0.5) is 0 Å². The molecule has 0 aromatic carbocycles. The van der Waals surface area contributed by atoms with Crippen molar-refractivity contribution in [1.82, 2.24) is 5.32 Å². The lowest BCUT2D eigenvalue weighted by Gasteiger charge is -2.24. The first-order valence-corrected chi connectivity index (χ1v) is 5.79. The van der Waals surface area contributed by atoms with Gasteiger partial charge >= 0.3 is 0 Å². The highest BCUT2D eigenvalue weighted by Gasteiger charge is 2.26. The van der Waals surface area contributed by atoms with Crippen LogP contribution in [0.1, 0.15) is 54.9 Å². The van der Waals surface area contributed by atoms with Crippen LogP contribution in [0.2, 0.25) is 0 Å². The molecule has 3 heteroatoms. The van der Waals surface area contributed by atoms with E-state index in [4.69, 9.17) is 0 Å². The van der Waals surface area contributed by atoms with E-state index in [9.17, 15) is 9.59 Å². The molecule has 1 amide bonds. The Morgan fingerprint density at radius 1 is 1.00 bits per heavy atom. The van der Waals surface area contributed by atoms with Crippen LogP contribution in [0, 0.1) is 10.8 Å². The summed E-state index contributed by atoms with van der Waals surface area (Å²) in [5.74, 6) is 0.163. The monoisotopic (exact) mass is 227 g/mol. The molecule has 0 unspecified atom stereocenters. The van der Waals surface area contributed by atoms with Gasteiger partial charge in [0.2, 0.25) is 5.91 Å². The number of carbonyl (C=O) groups is 2. The highest BCUT2D eigenvalue weighted by molar-refractivity contribution is 5.86. The Labute approximate surface area is 99.0 Å². The Morgan fingerprint density at radius 2 is 1.44 bits per heavy atom. The number of carbonyl (C=O) groups excluding carboxylic acids is 2. The zero-order chi connectivity index (χ0) is 13.1. The molecule has 0 aliphatic carbocycles. The summed E-state index contributed by atoms with van der Waals surface area (Å²) in [5.41, 5.74) is -0.736. The van der Waals surface area contributed by atoms with Crippen LogP contribution >= 0.6 is 0 Å². The summed E-state index contributed by atoms with van der Waals surface area (Å²) < 4.78 is 0. The fourth-order valence-corrected chi connectivity index (χ4v) is 1.08. The summed E-state index contributed by atoms with van der Waals surface area (Å²) in [7, 11) is 0. The first kappa shape index (κ1) is 15.1. The summed E-state index contributed by atoms with van der Waals surface area (Å²) in [6.07, 6.45) is 0.394. The lowest BCUT2D eigenvalue weighted by Crippen LogP contribution is -2.42. The van der Waals surface area contributed by atoms with Gasteiger partial charge in [-0.15, -0.1) is 0 Å². The molecule has 1 atom stereocenters. The predicted octanol–water partition coefficient (Wildman–Crippen LogP) is 2.54. The summed E-state index contributed by atoms with van der Waals surface area (Å²) in [6, 6.07) is -0.0987. The molecule has 0 aromatic rings. The molecule has 3 nitrogen and oxygen atoms in total. The van der Waals surface area contributed by atoms with E-state index in [1.165, 1.54) is 0 Å². The van der Waals surface area contributed by atoms with Gasteiger partial charge in [0.1, 0.15) is 5.78 Å². The molecule has 0 rings (SSSR count). The molecule has 16 heavy (non-hydrogen) atoms. The molecular formula is C13H25NO2. The van der Waals surface area contributed by atoms with E-state index in [1.807, 2.05) is 48.5 Å². The first-order chi connectivity index (χ1) is 6.94. The second-order valence-electron chi connectivity index (χ2n) is 6.50. The average molecular weight is 227 g/mol. The normalized spacial score (nSPS) is 14.4. The third-order valence-corrected chi connectivity index (χ3v) is 2.39. The minimum atomic E-state index is -0.404. The number of Topliss-reactive ketones (excluding diaryl/α,β-unsaturated/α-hetero) is 1. The molecule has 0 saturated heterocycles. The van der Waals surface area contributed by atoms with E-state index in [0.717, 1.165) is 0 Å². The van der Waals surface area contributed by atoms with Gasteiger partial charge in [-0.25, -0.2) is 0 Å². The van der Waals surface area contributed by atoms with Crippen LogP contribution in [0.25, 0.3) is 0 Å². The number of hydrogen-bond acceptors (Lipinski definition) is 2. The third kappa shape index (κ3) is 5.29. The molecule has 94 valence electrons. The highest BCUT2D eigenvalue weighted by atomic mass is 16.2. The lowest BCUT2D eigenvalue weighted by atomic mass is 9.87. The van der Waals surface area contributed by atoms with Crippen molar-refractivity contribution in [2.24, 2.45) is 10.8 Å². The van der Waals surface area contributed by atoms with Crippen LogP contribution < -0.4 is 5.32 Å². The summed E-state index contributed by atoms with van der Waals surface area (Å²) in [4.78, 5) is 23.4. The molecule has 0 fully saturated rings. The van der Waals surface area contributed by atoms with Crippen molar-refractivity contribution in [1.29, 1.82) is 0 Å². The Bertz CT molecular complexity index is 241. The predicted molar refractivity (Wildman–Crippen MR) is 66.1 cm³/mol. The largest absolute Gasteiger partial charge is 0.353 e. The topological polar surface area (TPSA) is 46.2 Å². The maximum absolute atomic E-state index is 11.8. The van der Waals surface area contributed by atoms with Gasteiger partial charge in [-0.3, -0.25) is 9.59 Å². The van der Waals surface area contributed by atoms with Crippen molar-refractivity contribution in [2.75, 3.05) is 0 Å². The zero-order valence-electron chi connectivity index (χ0n) is 11.6. The molecule has 0 aliphatic heterocycles. The molecule has 0 spiro atoms. The van der Waals surface area contributed by atoms with E-state index in [1.54, 1.807) is 0 Å². The SMILES string of the molecule is C[C@H](CC(=O)C(C)(C)C)NC(=O)C(C)(C)C. The minimum absolute atomic E-state index is 0.0123. The van der Waals surface area contributed by atoms with Crippen LogP contribution in [-0.4, -0.2) is 17.7 Å². The minimum Gasteiger partial charge on any atom is -0.353 e. The number of nitrogens with one attached hydrogen (secondary N) is 1. The molecule has 0 saturated carbocycles. The second-order valence-corrected chi connectivity index (χ2v) is 6.50. The van der Waals surface area contributed by atoms with Gasteiger partial charge in [-0.05, 0) is 6.92 Å². The maximum atomic E-state index is 11.8. The number of ketones is 1. The van der Waals surface area contributed by atoms with Crippen molar-refractivity contribution in [3.05, 3.63) is 0 Å². The van der Waals surface area contributed by atoms with Crippen molar-refractivity contribution in [3.63, 3.8) is 0 Å². The van der Waals surface area contributed by atoms with Gasteiger partial charge in [0, 0.05) is 23.3 Å². The Hall–Kier alpha value is -0.860. The van der Waals surface area contributed by atoms with Crippen molar-refractivity contribution in [2.45, 2.75) is 60.9 Å². The van der Waals surface area contributed by atoms with E-state index in [0.29, 0.717) is 6.42 Å². The Balaban J connectivity index is 4.26. The van der Waals surface area contributed by atoms with Crippen molar-refractivity contribution >= 4 is 11.7 Å². The smallest absolute Gasteiger partial charge is 0.225 e. The molecule has 0 bridgehead atoms. The van der Waals surface area contributed by atoms with Crippen LogP contribution in [0.15, 0.2) is 0 Å². The summed E-state index contributed by atoms with van der Waals surface area (Å²) in [6.45, 7) is 13.1. The van der Waals surface area contributed by atoms with Gasteiger partial charge in [0.15, 0.2) is 0 Å². The number of rotatable bonds is 3. The molecule has 1 N–H and O–H groups in total.